The molecule has 0 saturated heterocycles. The first kappa shape index (κ1) is 20.5. The summed E-state index contributed by atoms with van der Waals surface area (Å²) in [4.78, 5) is 12.4. The Morgan fingerprint density at radius 1 is 1.22 bits per heavy atom. The van der Waals surface area contributed by atoms with Gasteiger partial charge in [0, 0.05) is 11.7 Å². The predicted molar refractivity (Wildman–Crippen MR) is 102 cm³/mol. The minimum atomic E-state index is -3.45. The predicted octanol–water partition coefficient (Wildman–Crippen LogP) is 2.38. The summed E-state index contributed by atoms with van der Waals surface area (Å²) >= 11 is 0. The Morgan fingerprint density at radius 3 is 2.56 bits per heavy atom. The summed E-state index contributed by atoms with van der Waals surface area (Å²) in [7, 11) is -3.45. The second kappa shape index (κ2) is 8.41. The van der Waals surface area contributed by atoms with Crippen molar-refractivity contribution in [2.75, 3.05) is 12.9 Å². The summed E-state index contributed by atoms with van der Waals surface area (Å²) in [6, 6.07) is 1.75. The van der Waals surface area contributed by atoms with Crippen LogP contribution in [0.25, 0.3) is 0 Å². The van der Waals surface area contributed by atoms with E-state index in [1.807, 2.05) is 0 Å². The van der Waals surface area contributed by atoms with E-state index in [4.69, 9.17) is 4.74 Å². The molecule has 0 amide bonds. The number of fused-ring (bicyclic) bond motifs is 1. The van der Waals surface area contributed by atoms with E-state index in [-0.39, 0.29) is 12.7 Å². The van der Waals surface area contributed by atoms with Gasteiger partial charge < -0.3 is 9.30 Å². The molecule has 2 atom stereocenters. The molecule has 1 aromatic rings. The van der Waals surface area contributed by atoms with Gasteiger partial charge in [0.1, 0.15) is 0 Å². The number of sulfonamides is 1. The van der Waals surface area contributed by atoms with Gasteiger partial charge in [-0.15, -0.1) is 0 Å². The standard InChI is InChI=1S/C19H29FN2O4S/c1-3-13-4-8-15(9-5-13)26-12-18-17(21-27(2,24)25)11-7-14-6-10-16(20)19(23)22(14)18/h6,10,13,15,17-18,21H,3-5,7-9,11-12H2,1-2H3. The topological polar surface area (TPSA) is 77.4 Å². The minimum absolute atomic E-state index is 0.112. The third kappa shape index (κ3) is 4.97. The Balaban J connectivity index is 1.80. The molecule has 0 radical (unpaired) electrons. The lowest BCUT2D eigenvalue weighted by molar-refractivity contribution is -0.00709. The van der Waals surface area contributed by atoms with E-state index in [0.717, 1.165) is 43.6 Å². The maximum absolute atomic E-state index is 13.9. The van der Waals surface area contributed by atoms with E-state index in [0.29, 0.717) is 12.8 Å². The van der Waals surface area contributed by atoms with E-state index < -0.39 is 33.5 Å². The third-order valence-corrected chi connectivity index (χ3v) is 6.63. The molecule has 2 unspecified atom stereocenters. The maximum Gasteiger partial charge on any atom is 0.287 e. The molecular formula is C19H29FN2O4S. The summed E-state index contributed by atoms with van der Waals surface area (Å²) in [6.07, 6.45) is 7.65. The van der Waals surface area contributed by atoms with Crippen LogP contribution in [0, 0.1) is 11.7 Å². The molecule has 3 rings (SSSR count). The number of hydrogen-bond acceptors (Lipinski definition) is 4. The van der Waals surface area contributed by atoms with Crippen molar-refractivity contribution in [3.63, 3.8) is 0 Å². The zero-order valence-electron chi connectivity index (χ0n) is 16.0. The first-order valence-electron chi connectivity index (χ1n) is 9.77. The Hall–Kier alpha value is -1.25. The molecule has 1 fully saturated rings. The van der Waals surface area contributed by atoms with Gasteiger partial charge in [-0.3, -0.25) is 4.79 Å². The molecule has 1 aromatic heterocycles. The smallest absolute Gasteiger partial charge is 0.287 e. The lowest BCUT2D eigenvalue weighted by Gasteiger charge is -2.36. The van der Waals surface area contributed by atoms with Crippen LogP contribution in [0.15, 0.2) is 16.9 Å². The lowest BCUT2D eigenvalue weighted by atomic mass is 9.86. The van der Waals surface area contributed by atoms with Crippen LogP contribution in [0.3, 0.4) is 0 Å². The van der Waals surface area contributed by atoms with Crippen molar-refractivity contribution in [3.05, 3.63) is 34.0 Å². The number of pyridine rings is 1. The number of hydrogen-bond donors (Lipinski definition) is 1. The molecule has 0 aromatic carbocycles. The lowest BCUT2D eigenvalue weighted by Crippen LogP contribution is -2.49. The Bertz CT molecular complexity index is 815. The highest BCUT2D eigenvalue weighted by molar-refractivity contribution is 7.88. The van der Waals surface area contributed by atoms with Crippen LogP contribution >= 0.6 is 0 Å². The van der Waals surface area contributed by atoms with Crippen LogP contribution < -0.4 is 10.3 Å². The van der Waals surface area contributed by atoms with Gasteiger partial charge in [-0.1, -0.05) is 13.3 Å². The van der Waals surface area contributed by atoms with Crippen molar-refractivity contribution in [2.24, 2.45) is 5.92 Å². The number of nitrogens with zero attached hydrogens (tertiary/aromatic N) is 1. The van der Waals surface area contributed by atoms with Gasteiger partial charge in [-0.2, -0.15) is 0 Å². The summed E-state index contributed by atoms with van der Waals surface area (Å²) in [5, 5.41) is 0. The number of ether oxygens (including phenoxy) is 1. The quantitative estimate of drug-likeness (QED) is 0.795. The molecule has 1 aliphatic heterocycles. The Kier molecular flexibility index (Phi) is 6.38. The number of rotatable bonds is 6. The van der Waals surface area contributed by atoms with Crippen molar-refractivity contribution in [2.45, 2.75) is 70.1 Å². The molecule has 8 heteroatoms. The van der Waals surface area contributed by atoms with Gasteiger partial charge in [-0.25, -0.2) is 17.5 Å². The maximum atomic E-state index is 13.9. The molecule has 1 N–H and O–H groups in total. The van der Waals surface area contributed by atoms with Gasteiger partial charge in [0.15, 0.2) is 5.82 Å². The average molecular weight is 401 g/mol. The molecule has 0 spiro atoms. The van der Waals surface area contributed by atoms with Crippen LogP contribution in [-0.2, 0) is 21.2 Å². The van der Waals surface area contributed by atoms with Crippen molar-refractivity contribution in [3.8, 4) is 0 Å². The normalized spacial score (nSPS) is 28.7. The molecule has 27 heavy (non-hydrogen) atoms. The fraction of sp³-hybridized carbons (Fsp3) is 0.737. The number of nitrogens with one attached hydrogen (secondary N) is 1. The van der Waals surface area contributed by atoms with Crippen molar-refractivity contribution in [1.29, 1.82) is 0 Å². The number of halogens is 1. The van der Waals surface area contributed by atoms with E-state index in [9.17, 15) is 17.6 Å². The first-order chi connectivity index (χ1) is 12.8. The molecular weight excluding hydrogens is 371 g/mol. The zero-order valence-corrected chi connectivity index (χ0v) is 16.8. The second-order valence-electron chi connectivity index (χ2n) is 7.83. The van der Waals surface area contributed by atoms with Crippen LogP contribution in [0.4, 0.5) is 4.39 Å². The fourth-order valence-electron chi connectivity index (χ4n) is 4.35. The molecule has 152 valence electrons. The number of aromatic nitrogens is 1. The van der Waals surface area contributed by atoms with Gasteiger partial charge in [-0.05, 0) is 56.6 Å². The van der Waals surface area contributed by atoms with Crippen LogP contribution in [0.2, 0.25) is 0 Å². The van der Waals surface area contributed by atoms with Gasteiger partial charge >= 0.3 is 0 Å². The Morgan fingerprint density at radius 2 is 1.93 bits per heavy atom. The van der Waals surface area contributed by atoms with E-state index in [1.54, 1.807) is 6.07 Å². The van der Waals surface area contributed by atoms with Crippen LogP contribution in [-0.4, -0.2) is 38.0 Å². The van der Waals surface area contributed by atoms with Crippen molar-refractivity contribution in [1.82, 2.24) is 9.29 Å². The second-order valence-corrected chi connectivity index (χ2v) is 9.61. The molecule has 6 nitrogen and oxygen atoms in total. The summed E-state index contributed by atoms with van der Waals surface area (Å²) in [6.45, 7) is 2.40. The Labute approximate surface area is 160 Å². The van der Waals surface area contributed by atoms with Crippen molar-refractivity contribution >= 4 is 10.0 Å². The van der Waals surface area contributed by atoms with Crippen molar-refractivity contribution < 1.29 is 17.5 Å². The first-order valence-corrected chi connectivity index (χ1v) is 11.7. The van der Waals surface area contributed by atoms with Crippen LogP contribution in [0.1, 0.15) is 57.2 Å². The average Bonchev–Trinajstić information content (AvgIpc) is 2.63. The zero-order chi connectivity index (χ0) is 19.6. The molecule has 1 aliphatic carbocycles. The fourth-order valence-corrected chi connectivity index (χ4v) is 5.18. The number of aryl methyl sites for hydroxylation is 1. The highest BCUT2D eigenvalue weighted by Gasteiger charge is 2.34. The van der Waals surface area contributed by atoms with Gasteiger partial charge in [0.25, 0.3) is 5.56 Å². The SMILES string of the molecule is CCC1CCC(OCC2C(NS(C)(=O)=O)CCc3ccc(F)c(=O)n32)CC1. The highest BCUT2D eigenvalue weighted by atomic mass is 32.2. The molecule has 1 saturated carbocycles. The highest BCUT2D eigenvalue weighted by Crippen LogP contribution is 2.30. The van der Waals surface area contributed by atoms with Crippen LogP contribution in [0.5, 0.6) is 0 Å². The summed E-state index contributed by atoms with van der Waals surface area (Å²) < 4.78 is 47.5. The minimum Gasteiger partial charge on any atom is -0.376 e. The summed E-state index contributed by atoms with van der Waals surface area (Å²) in [5.74, 6) is -0.0798. The van der Waals surface area contributed by atoms with E-state index in [2.05, 4.69) is 11.6 Å². The van der Waals surface area contributed by atoms with E-state index >= 15 is 0 Å². The molecule has 2 aliphatic rings. The molecule has 0 bridgehead atoms. The monoisotopic (exact) mass is 400 g/mol. The largest absolute Gasteiger partial charge is 0.376 e. The van der Waals surface area contributed by atoms with Gasteiger partial charge in [0.2, 0.25) is 10.0 Å². The third-order valence-electron chi connectivity index (χ3n) is 5.90. The summed E-state index contributed by atoms with van der Waals surface area (Å²) in [5.41, 5.74) is 0.00651. The van der Waals surface area contributed by atoms with Gasteiger partial charge in [0.05, 0.1) is 25.0 Å². The van der Waals surface area contributed by atoms with E-state index in [1.165, 1.54) is 17.1 Å². The molecule has 2 heterocycles.